The van der Waals surface area contributed by atoms with E-state index in [1.165, 1.54) is 5.56 Å². The number of hydrogen-bond donors (Lipinski definition) is 1. The second-order valence-electron chi connectivity index (χ2n) is 10.5. The number of aromatic nitrogens is 2. The number of fused-ring (bicyclic) bond motifs is 1. The van der Waals surface area contributed by atoms with E-state index in [1.54, 1.807) is 16.4 Å². The Labute approximate surface area is 232 Å². The zero-order chi connectivity index (χ0) is 27.6. The van der Waals surface area contributed by atoms with Crippen LogP contribution >= 0.6 is 0 Å². The summed E-state index contributed by atoms with van der Waals surface area (Å²) in [6, 6.07) is 23.7. The molecule has 3 aromatic carbocycles. The Kier molecular flexibility index (Phi) is 7.98. The van der Waals surface area contributed by atoms with Crippen molar-refractivity contribution in [3.63, 3.8) is 0 Å². The van der Waals surface area contributed by atoms with Gasteiger partial charge in [-0.1, -0.05) is 57.2 Å². The van der Waals surface area contributed by atoms with E-state index in [-0.39, 0.29) is 6.04 Å². The Bertz CT molecular complexity index is 1530. The molecule has 39 heavy (non-hydrogen) atoms. The van der Waals surface area contributed by atoms with Crippen LogP contribution in [-0.4, -0.2) is 53.8 Å². The lowest BCUT2D eigenvalue weighted by atomic mass is 10.0. The predicted octanol–water partition coefficient (Wildman–Crippen LogP) is 6.13. The van der Waals surface area contributed by atoms with Crippen LogP contribution < -0.4 is 5.32 Å². The summed E-state index contributed by atoms with van der Waals surface area (Å²) in [6.45, 7) is 10.6. The van der Waals surface area contributed by atoms with Gasteiger partial charge >= 0.3 is 0 Å². The molecule has 1 fully saturated rings. The minimum absolute atomic E-state index is 0.0628. The van der Waals surface area contributed by atoms with Gasteiger partial charge in [0.05, 0.1) is 16.5 Å². The zero-order valence-corrected chi connectivity index (χ0v) is 23.9. The maximum atomic E-state index is 13.2. The van der Waals surface area contributed by atoms with Crippen molar-refractivity contribution in [3.05, 3.63) is 89.7 Å². The second kappa shape index (κ2) is 11.4. The molecule has 4 aromatic rings. The second-order valence-corrected chi connectivity index (χ2v) is 12.4. The highest BCUT2D eigenvalue weighted by Gasteiger charge is 2.31. The van der Waals surface area contributed by atoms with Crippen molar-refractivity contribution < 1.29 is 8.42 Å². The van der Waals surface area contributed by atoms with Crippen molar-refractivity contribution in [2.24, 2.45) is 0 Å². The lowest BCUT2D eigenvalue weighted by molar-refractivity contribution is 0.141. The van der Waals surface area contributed by atoms with Crippen LogP contribution in [0.3, 0.4) is 0 Å². The van der Waals surface area contributed by atoms with E-state index in [9.17, 15) is 8.42 Å². The summed E-state index contributed by atoms with van der Waals surface area (Å²) in [7, 11) is -3.51. The standard InChI is InChI=1S/C31H37N5O2S/c1-5-24-10-16-27(17-11-24)39(37,38)36-20-18-35(19-21-36)23(4)30-33-29-9-7-6-8-28(29)31(34-30)32-26-14-12-25(13-15-26)22(2)3/h6-17,22-23H,5,18-21H2,1-4H3,(H,32,33,34)/t23-/m1/s1. The number of para-hydroxylation sites is 1. The fraction of sp³-hybridized carbons (Fsp3) is 0.355. The first kappa shape index (κ1) is 27.2. The molecule has 1 aliphatic heterocycles. The van der Waals surface area contributed by atoms with Gasteiger partial charge < -0.3 is 5.32 Å². The van der Waals surface area contributed by atoms with E-state index in [0.29, 0.717) is 37.0 Å². The summed E-state index contributed by atoms with van der Waals surface area (Å²) in [5, 5.41) is 4.47. The van der Waals surface area contributed by atoms with E-state index in [0.717, 1.165) is 40.2 Å². The van der Waals surface area contributed by atoms with Crippen LogP contribution in [0.1, 0.15) is 56.6 Å². The van der Waals surface area contributed by atoms with Gasteiger partial charge in [-0.2, -0.15) is 4.31 Å². The summed E-state index contributed by atoms with van der Waals surface area (Å²) >= 11 is 0. The molecule has 1 atom stereocenters. The van der Waals surface area contributed by atoms with Crippen LogP contribution in [0.15, 0.2) is 77.7 Å². The van der Waals surface area contributed by atoms with Gasteiger partial charge in [-0.3, -0.25) is 4.90 Å². The highest BCUT2D eigenvalue weighted by Crippen LogP contribution is 2.29. The van der Waals surface area contributed by atoms with Crippen molar-refractivity contribution in [2.45, 2.75) is 51.0 Å². The van der Waals surface area contributed by atoms with E-state index < -0.39 is 10.0 Å². The number of piperazine rings is 1. The summed E-state index contributed by atoms with van der Waals surface area (Å²) < 4.78 is 28.1. The molecule has 1 N–H and O–H groups in total. The Morgan fingerprint density at radius 2 is 1.51 bits per heavy atom. The molecule has 7 nitrogen and oxygen atoms in total. The number of nitrogens with zero attached hydrogens (tertiary/aromatic N) is 4. The van der Waals surface area contributed by atoms with Crippen molar-refractivity contribution >= 4 is 32.4 Å². The molecule has 0 saturated carbocycles. The Morgan fingerprint density at radius 1 is 0.846 bits per heavy atom. The monoisotopic (exact) mass is 543 g/mol. The van der Waals surface area contributed by atoms with Crippen molar-refractivity contribution in [2.75, 3.05) is 31.5 Å². The van der Waals surface area contributed by atoms with Gasteiger partial charge in [0.1, 0.15) is 11.6 Å². The number of hydrogen-bond acceptors (Lipinski definition) is 6. The number of rotatable bonds is 8. The van der Waals surface area contributed by atoms with Crippen LogP contribution in [0.5, 0.6) is 0 Å². The molecule has 0 unspecified atom stereocenters. The first-order valence-electron chi connectivity index (χ1n) is 13.7. The smallest absolute Gasteiger partial charge is 0.243 e. The molecule has 8 heteroatoms. The molecule has 0 spiro atoms. The number of benzene rings is 3. The summed E-state index contributed by atoms with van der Waals surface area (Å²) in [6.07, 6.45) is 0.884. The minimum atomic E-state index is -3.51. The van der Waals surface area contributed by atoms with E-state index in [4.69, 9.17) is 9.97 Å². The first-order chi connectivity index (χ1) is 18.8. The van der Waals surface area contributed by atoms with Crippen LogP contribution in [0.2, 0.25) is 0 Å². The van der Waals surface area contributed by atoms with Gasteiger partial charge in [-0.25, -0.2) is 18.4 Å². The maximum Gasteiger partial charge on any atom is 0.243 e. The molecule has 204 valence electrons. The van der Waals surface area contributed by atoms with Gasteiger partial charge in [-0.15, -0.1) is 0 Å². The lowest BCUT2D eigenvalue weighted by Crippen LogP contribution is -2.49. The largest absolute Gasteiger partial charge is 0.340 e. The normalized spacial score (nSPS) is 16.0. The fourth-order valence-electron chi connectivity index (χ4n) is 5.01. The molecule has 0 radical (unpaired) electrons. The van der Waals surface area contributed by atoms with E-state index >= 15 is 0 Å². The average molecular weight is 544 g/mol. The van der Waals surface area contributed by atoms with Crippen LogP contribution in [-0.2, 0) is 16.4 Å². The SMILES string of the molecule is CCc1ccc(S(=O)(=O)N2CCN([C@H](C)c3nc(Nc4ccc(C(C)C)cc4)c4ccccc4n3)CC2)cc1. The quantitative estimate of drug-likeness (QED) is 0.288. The predicted molar refractivity (Wildman–Crippen MR) is 158 cm³/mol. The van der Waals surface area contributed by atoms with Gasteiger partial charge in [0, 0.05) is 37.3 Å². The Hall–Kier alpha value is -3.33. The molecule has 1 aromatic heterocycles. The van der Waals surface area contributed by atoms with Crippen LogP contribution in [0, 0.1) is 0 Å². The minimum Gasteiger partial charge on any atom is -0.340 e. The molecule has 1 saturated heterocycles. The van der Waals surface area contributed by atoms with Crippen LogP contribution in [0.25, 0.3) is 10.9 Å². The molecular weight excluding hydrogens is 506 g/mol. The van der Waals surface area contributed by atoms with Crippen molar-refractivity contribution in [1.82, 2.24) is 19.2 Å². The summed E-state index contributed by atoms with van der Waals surface area (Å²) in [5.74, 6) is 1.97. The highest BCUT2D eigenvalue weighted by atomic mass is 32.2. The van der Waals surface area contributed by atoms with Gasteiger partial charge in [0.25, 0.3) is 0 Å². The lowest BCUT2D eigenvalue weighted by Gasteiger charge is -2.36. The first-order valence-corrected chi connectivity index (χ1v) is 15.2. The molecule has 0 aliphatic carbocycles. The molecule has 2 heterocycles. The highest BCUT2D eigenvalue weighted by molar-refractivity contribution is 7.89. The number of sulfonamides is 1. The molecule has 5 rings (SSSR count). The molecule has 1 aliphatic rings. The van der Waals surface area contributed by atoms with Gasteiger partial charge in [-0.05, 0) is 66.8 Å². The van der Waals surface area contributed by atoms with Crippen LogP contribution in [0.4, 0.5) is 11.5 Å². The Balaban J connectivity index is 1.33. The Morgan fingerprint density at radius 3 is 2.15 bits per heavy atom. The maximum absolute atomic E-state index is 13.2. The van der Waals surface area contributed by atoms with Crippen molar-refractivity contribution in [1.29, 1.82) is 0 Å². The topological polar surface area (TPSA) is 78.4 Å². The fourth-order valence-corrected chi connectivity index (χ4v) is 6.43. The van der Waals surface area contributed by atoms with Gasteiger partial charge in [0.2, 0.25) is 10.0 Å². The molecule has 0 bridgehead atoms. The van der Waals surface area contributed by atoms with E-state index in [2.05, 4.69) is 62.2 Å². The third kappa shape index (κ3) is 5.83. The number of anilines is 2. The number of aryl methyl sites for hydroxylation is 1. The number of nitrogens with one attached hydrogen (secondary N) is 1. The summed E-state index contributed by atoms with van der Waals surface area (Å²) in [4.78, 5) is 12.5. The third-order valence-corrected chi connectivity index (χ3v) is 9.54. The van der Waals surface area contributed by atoms with Crippen molar-refractivity contribution in [3.8, 4) is 0 Å². The molecular formula is C31H37N5O2S. The third-order valence-electron chi connectivity index (χ3n) is 7.62. The van der Waals surface area contributed by atoms with Gasteiger partial charge in [0.15, 0.2) is 0 Å². The van der Waals surface area contributed by atoms with E-state index in [1.807, 2.05) is 36.4 Å². The average Bonchev–Trinajstić information content (AvgIpc) is 2.97. The molecule has 0 amide bonds. The zero-order valence-electron chi connectivity index (χ0n) is 23.1. The summed E-state index contributed by atoms with van der Waals surface area (Å²) in [5.41, 5.74) is 4.28.